The van der Waals surface area contributed by atoms with Crippen LogP contribution in [0.4, 0.5) is 11.5 Å². The molecule has 0 aliphatic heterocycles. The number of benzene rings is 1. The molecule has 11 nitrogen and oxygen atoms in total. The van der Waals surface area contributed by atoms with E-state index in [-0.39, 0.29) is 23.2 Å². The number of nitrogens with zero attached hydrogens (tertiary/aromatic N) is 4. The first-order valence-electron chi connectivity index (χ1n) is 9.34. The summed E-state index contributed by atoms with van der Waals surface area (Å²) >= 11 is 5.93. The Bertz CT molecular complexity index is 1210. The standard InChI is InChI=1S/C20H19ClN6O5/c1-11(14-4-6-15(7-5-14)22-13(3)28)23-24-20(29)17-9-8-16(32-17)10-26-12(2)18(21)19(25-26)27(30)31/h4-9H,10H2,1-3H3,(H,22,28)(H,24,29)/b23-11+. The van der Waals surface area contributed by atoms with Crippen LogP contribution in [0.1, 0.15) is 41.4 Å². The third kappa shape index (κ3) is 5.19. The van der Waals surface area contributed by atoms with Crippen molar-refractivity contribution in [3.63, 3.8) is 0 Å². The Morgan fingerprint density at radius 3 is 2.50 bits per heavy atom. The van der Waals surface area contributed by atoms with Crippen molar-refractivity contribution in [2.45, 2.75) is 27.3 Å². The summed E-state index contributed by atoms with van der Waals surface area (Å²) in [5.41, 5.74) is 4.78. The maximum atomic E-state index is 12.3. The van der Waals surface area contributed by atoms with Gasteiger partial charge in [-0.25, -0.2) is 5.43 Å². The first-order chi connectivity index (χ1) is 15.2. The molecule has 0 saturated carbocycles. The number of anilines is 1. The van der Waals surface area contributed by atoms with Crippen LogP contribution in [0.5, 0.6) is 0 Å². The normalized spacial score (nSPS) is 11.3. The lowest BCUT2D eigenvalue weighted by Crippen LogP contribution is -2.18. The molecule has 0 fully saturated rings. The van der Waals surface area contributed by atoms with Crippen molar-refractivity contribution in [1.29, 1.82) is 0 Å². The molecule has 2 N–H and O–H groups in total. The number of aromatic nitrogens is 2. The summed E-state index contributed by atoms with van der Waals surface area (Å²) in [6.07, 6.45) is 0. The Hall–Kier alpha value is -3.99. The fourth-order valence-electron chi connectivity index (χ4n) is 2.76. The zero-order valence-corrected chi connectivity index (χ0v) is 18.1. The first kappa shape index (κ1) is 22.7. The summed E-state index contributed by atoms with van der Waals surface area (Å²) in [6.45, 7) is 4.80. The average Bonchev–Trinajstić information content (AvgIpc) is 3.32. The molecular formula is C20H19ClN6O5. The number of furan rings is 1. The van der Waals surface area contributed by atoms with Crippen molar-refractivity contribution in [2.24, 2.45) is 5.10 Å². The lowest BCUT2D eigenvalue weighted by atomic mass is 10.1. The van der Waals surface area contributed by atoms with Crippen LogP contribution in [0.3, 0.4) is 0 Å². The lowest BCUT2D eigenvalue weighted by Gasteiger charge is -2.05. The molecule has 12 heteroatoms. The van der Waals surface area contributed by atoms with Gasteiger partial charge in [0.15, 0.2) is 10.8 Å². The largest absolute Gasteiger partial charge is 0.454 e. The second-order valence-electron chi connectivity index (χ2n) is 6.80. The third-order valence-electron chi connectivity index (χ3n) is 4.43. The Labute approximate surface area is 187 Å². The molecule has 3 aromatic rings. The highest BCUT2D eigenvalue weighted by Gasteiger charge is 2.24. The molecule has 2 aromatic heterocycles. The van der Waals surface area contributed by atoms with Crippen molar-refractivity contribution < 1.29 is 18.9 Å². The molecule has 0 spiro atoms. The number of halogens is 1. The predicted molar refractivity (Wildman–Crippen MR) is 117 cm³/mol. The Balaban J connectivity index is 1.65. The Kier molecular flexibility index (Phi) is 6.69. The summed E-state index contributed by atoms with van der Waals surface area (Å²) in [4.78, 5) is 33.7. The van der Waals surface area contributed by atoms with E-state index in [0.29, 0.717) is 22.9 Å². The van der Waals surface area contributed by atoms with Crippen LogP contribution >= 0.6 is 11.6 Å². The fourth-order valence-corrected chi connectivity index (χ4v) is 2.97. The monoisotopic (exact) mass is 458 g/mol. The van der Waals surface area contributed by atoms with E-state index in [4.69, 9.17) is 16.0 Å². The summed E-state index contributed by atoms with van der Waals surface area (Å²) < 4.78 is 6.84. The number of hydrogen-bond acceptors (Lipinski definition) is 7. The van der Waals surface area contributed by atoms with E-state index < -0.39 is 16.6 Å². The van der Waals surface area contributed by atoms with Crippen molar-refractivity contribution in [2.75, 3.05) is 5.32 Å². The molecule has 2 heterocycles. The predicted octanol–water partition coefficient (Wildman–Crippen LogP) is 3.51. The van der Waals surface area contributed by atoms with Gasteiger partial charge in [0.25, 0.3) is 0 Å². The molecule has 0 bridgehead atoms. The topological polar surface area (TPSA) is 145 Å². The van der Waals surface area contributed by atoms with E-state index in [1.54, 1.807) is 44.2 Å². The van der Waals surface area contributed by atoms with E-state index in [1.807, 2.05) is 0 Å². The van der Waals surface area contributed by atoms with Gasteiger partial charge < -0.3 is 19.8 Å². The molecule has 166 valence electrons. The van der Waals surface area contributed by atoms with Gasteiger partial charge in [0.2, 0.25) is 5.91 Å². The zero-order chi connectivity index (χ0) is 23.4. The summed E-state index contributed by atoms with van der Waals surface area (Å²) in [5.74, 6) is -0.794. The quantitative estimate of drug-likeness (QED) is 0.315. The molecule has 32 heavy (non-hydrogen) atoms. The molecule has 3 rings (SSSR count). The molecule has 0 aliphatic rings. The maximum Gasteiger partial charge on any atom is 0.408 e. The number of carbonyl (C=O) groups excluding carboxylic acids is 2. The van der Waals surface area contributed by atoms with Crippen LogP contribution < -0.4 is 10.7 Å². The van der Waals surface area contributed by atoms with Gasteiger partial charge in [0.05, 0.1) is 16.5 Å². The molecule has 0 atom stereocenters. The van der Waals surface area contributed by atoms with Crippen LogP contribution in [-0.4, -0.2) is 32.2 Å². The fraction of sp³-hybridized carbons (Fsp3) is 0.200. The van der Waals surface area contributed by atoms with Gasteiger partial charge in [-0.2, -0.15) is 9.78 Å². The number of nitro groups is 1. The minimum absolute atomic E-state index is 0.0166. The van der Waals surface area contributed by atoms with Gasteiger partial charge in [0, 0.05) is 12.6 Å². The molecule has 0 unspecified atom stereocenters. The van der Waals surface area contributed by atoms with Gasteiger partial charge in [-0.15, -0.1) is 0 Å². The molecule has 1 aromatic carbocycles. The Morgan fingerprint density at radius 1 is 1.22 bits per heavy atom. The van der Waals surface area contributed by atoms with Crippen LogP contribution in [-0.2, 0) is 11.3 Å². The van der Waals surface area contributed by atoms with Crippen LogP contribution in [0, 0.1) is 17.0 Å². The van der Waals surface area contributed by atoms with Gasteiger partial charge in [-0.3, -0.25) is 9.59 Å². The van der Waals surface area contributed by atoms with Crippen molar-refractivity contribution in [3.05, 3.63) is 74.3 Å². The van der Waals surface area contributed by atoms with E-state index in [1.165, 1.54) is 17.7 Å². The van der Waals surface area contributed by atoms with Gasteiger partial charge in [-0.1, -0.05) is 23.7 Å². The second kappa shape index (κ2) is 9.43. The number of rotatable bonds is 7. The number of hydrazone groups is 1. The highest BCUT2D eigenvalue weighted by molar-refractivity contribution is 6.33. The first-order valence-corrected chi connectivity index (χ1v) is 9.72. The van der Waals surface area contributed by atoms with Gasteiger partial charge in [0.1, 0.15) is 12.3 Å². The summed E-state index contributed by atoms with van der Waals surface area (Å²) in [7, 11) is 0. The number of carbonyl (C=O) groups is 2. The average molecular weight is 459 g/mol. The number of amides is 2. The minimum Gasteiger partial charge on any atom is -0.454 e. The van der Waals surface area contributed by atoms with Crippen molar-refractivity contribution in [1.82, 2.24) is 15.2 Å². The highest BCUT2D eigenvalue weighted by atomic mass is 35.5. The number of nitrogens with one attached hydrogen (secondary N) is 2. The molecule has 0 saturated heterocycles. The summed E-state index contributed by atoms with van der Waals surface area (Å²) in [6, 6.07) is 10.0. The van der Waals surface area contributed by atoms with E-state index >= 15 is 0 Å². The lowest BCUT2D eigenvalue weighted by molar-refractivity contribution is -0.389. The van der Waals surface area contributed by atoms with E-state index in [2.05, 4.69) is 20.9 Å². The van der Waals surface area contributed by atoms with Crippen LogP contribution in [0.15, 0.2) is 45.9 Å². The van der Waals surface area contributed by atoms with Crippen molar-refractivity contribution >= 4 is 40.6 Å². The van der Waals surface area contributed by atoms with Gasteiger partial charge in [-0.05, 0) is 48.6 Å². The number of hydrogen-bond donors (Lipinski definition) is 2. The molecule has 0 radical (unpaired) electrons. The van der Waals surface area contributed by atoms with Crippen molar-refractivity contribution in [3.8, 4) is 0 Å². The maximum absolute atomic E-state index is 12.3. The second-order valence-corrected chi connectivity index (χ2v) is 7.18. The smallest absolute Gasteiger partial charge is 0.408 e. The minimum atomic E-state index is -0.666. The van der Waals surface area contributed by atoms with E-state index in [9.17, 15) is 19.7 Å². The van der Waals surface area contributed by atoms with Gasteiger partial charge >= 0.3 is 11.7 Å². The van der Waals surface area contributed by atoms with E-state index in [0.717, 1.165) is 5.56 Å². The third-order valence-corrected chi connectivity index (χ3v) is 4.87. The SMILES string of the molecule is CC(=O)Nc1ccc(/C(C)=N/NC(=O)c2ccc(Cn3nc([N+](=O)[O-])c(Cl)c3C)o2)cc1. The van der Waals surface area contributed by atoms with Crippen LogP contribution in [0.2, 0.25) is 5.02 Å². The molecular weight excluding hydrogens is 440 g/mol. The Morgan fingerprint density at radius 2 is 1.91 bits per heavy atom. The highest BCUT2D eigenvalue weighted by Crippen LogP contribution is 2.27. The van der Waals surface area contributed by atoms with Crippen LogP contribution in [0.25, 0.3) is 0 Å². The molecule has 2 amide bonds. The zero-order valence-electron chi connectivity index (χ0n) is 17.4. The molecule has 0 aliphatic carbocycles. The summed E-state index contributed by atoms with van der Waals surface area (Å²) in [5, 5.41) is 21.5.